The fourth-order valence-corrected chi connectivity index (χ4v) is 1.82. The highest BCUT2D eigenvalue weighted by Crippen LogP contribution is 2.02. The first kappa shape index (κ1) is 18.6. The van der Waals surface area contributed by atoms with Crippen molar-refractivity contribution < 1.29 is 14.4 Å². The van der Waals surface area contributed by atoms with Gasteiger partial charge in [-0.3, -0.25) is 4.79 Å². The summed E-state index contributed by atoms with van der Waals surface area (Å²) in [7, 11) is 0. The van der Waals surface area contributed by atoms with Crippen molar-refractivity contribution in [3.8, 4) is 0 Å². The summed E-state index contributed by atoms with van der Waals surface area (Å²) < 4.78 is 0. The van der Waals surface area contributed by atoms with E-state index in [1.54, 1.807) is 0 Å². The Morgan fingerprint density at radius 2 is 1.70 bits per heavy atom. The highest BCUT2D eigenvalue weighted by Gasteiger charge is 2.18. The van der Waals surface area contributed by atoms with Crippen LogP contribution in [-0.4, -0.2) is 36.2 Å². The lowest BCUT2D eigenvalue weighted by molar-refractivity contribution is -0.119. The molecule has 0 aromatic carbocycles. The van der Waals surface area contributed by atoms with E-state index in [0.717, 1.165) is 19.3 Å². The number of carbonyl (C=O) groups excluding carboxylic acids is 3. The number of hydrogen-bond acceptors (Lipinski definition) is 4. The van der Waals surface area contributed by atoms with Crippen molar-refractivity contribution in [2.24, 2.45) is 5.73 Å². The zero-order valence-electron chi connectivity index (χ0n) is 12.7. The summed E-state index contributed by atoms with van der Waals surface area (Å²) in [5.41, 5.74) is 5.41. The molecule has 0 aliphatic carbocycles. The largest absolute Gasteiger partial charge is 0.336 e. The number of unbranched alkanes of at least 4 members (excludes halogenated alkanes) is 1. The van der Waals surface area contributed by atoms with Crippen molar-refractivity contribution in [1.29, 1.82) is 0 Å². The first-order valence-electron chi connectivity index (χ1n) is 7.13. The molecule has 0 fully saturated rings. The average molecular weight is 285 g/mol. The Morgan fingerprint density at radius 3 is 2.20 bits per heavy atom. The summed E-state index contributed by atoms with van der Waals surface area (Å²) in [5.74, 6) is -0.134. The van der Waals surface area contributed by atoms with Crippen LogP contribution in [0.5, 0.6) is 0 Å². The quantitative estimate of drug-likeness (QED) is 0.524. The van der Waals surface area contributed by atoms with Gasteiger partial charge in [-0.05, 0) is 46.6 Å². The zero-order valence-corrected chi connectivity index (χ0v) is 12.7. The SMILES string of the molecule is CC(=O)CCC(NC(=O)NC(C)CCCCN)C(C)=O. The summed E-state index contributed by atoms with van der Waals surface area (Å²) in [6, 6.07) is -0.939. The van der Waals surface area contributed by atoms with E-state index in [-0.39, 0.29) is 30.1 Å². The molecule has 20 heavy (non-hydrogen) atoms. The van der Waals surface area contributed by atoms with E-state index in [4.69, 9.17) is 5.73 Å². The average Bonchev–Trinajstić information content (AvgIpc) is 2.34. The Bertz CT molecular complexity index is 332. The van der Waals surface area contributed by atoms with Crippen molar-refractivity contribution >= 4 is 17.6 Å². The van der Waals surface area contributed by atoms with E-state index in [1.165, 1.54) is 13.8 Å². The molecule has 0 aliphatic rings. The Morgan fingerprint density at radius 1 is 1.05 bits per heavy atom. The predicted molar refractivity (Wildman–Crippen MR) is 78.4 cm³/mol. The Balaban J connectivity index is 4.11. The van der Waals surface area contributed by atoms with Crippen molar-refractivity contribution in [2.75, 3.05) is 6.54 Å². The Kier molecular flexibility index (Phi) is 9.63. The number of carbonyl (C=O) groups is 3. The molecular formula is C14H27N3O3. The molecule has 4 N–H and O–H groups in total. The zero-order chi connectivity index (χ0) is 15.5. The van der Waals surface area contributed by atoms with Gasteiger partial charge < -0.3 is 21.2 Å². The van der Waals surface area contributed by atoms with Gasteiger partial charge in [0.15, 0.2) is 5.78 Å². The van der Waals surface area contributed by atoms with E-state index >= 15 is 0 Å². The number of Topliss-reactive ketones (excluding diaryl/α,β-unsaturated/α-hetero) is 2. The number of ketones is 2. The number of amides is 2. The third kappa shape index (κ3) is 9.49. The lowest BCUT2D eigenvalue weighted by Gasteiger charge is -2.19. The standard InChI is InChI=1S/C14H27N3O3/c1-10(6-4-5-9-15)16-14(20)17-13(12(3)19)8-7-11(2)18/h10,13H,4-9,15H2,1-3H3,(H2,16,17,20). The molecule has 0 saturated heterocycles. The van der Waals surface area contributed by atoms with Crippen LogP contribution in [0, 0.1) is 0 Å². The highest BCUT2D eigenvalue weighted by molar-refractivity contribution is 5.87. The fraction of sp³-hybridized carbons (Fsp3) is 0.786. The van der Waals surface area contributed by atoms with Crippen LogP contribution < -0.4 is 16.4 Å². The molecular weight excluding hydrogens is 258 g/mol. The summed E-state index contributed by atoms with van der Waals surface area (Å²) >= 11 is 0. The van der Waals surface area contributed by atoms with Gasteiger partial charge in [0.2, 0.25) is 0 Å². The van der Waals surface area contributed by atoms with Crippen molar-refractivity contribution in [2.45, 2.75) is 65.0 Å². The number of nitrogens with two attached hydrogens (primary N) is 1. The number of rotatable bonds is 10. The minimum absolute atomic E-state index is 0.00797. The van der Waals surface area contributed by atoms with Gasteiger partial charge >= 0.3 is 6.03 Å². The van der Waals surface area contributed by atoms with Gasteiger partial charge in [-0.25, -0.2) is 4.79 Å². The van der Waals surface area contributed by atoms with Crippen LogP contribution in [0.2, 0.25) is 0 Å². The second-order valence-corrected chi connectivity index (χ2v) is 5.21. The smallest absolute Gasteiger partial charge is 0.315 e. The third-order valence-corrected chi connectivity index (χ3v) is 3.05. The predicted octanol–water partition coefficient (Wildman–Crippen LogP) is 1.13. The second kappa shape index (κ2) is 10.4. The van der Waals surface area contributed by atoms with Crippen LogP contribution in [0.25, 0.3) is 0 Å². The maximum atomic E-state index is 11.8. The molecule has 6 heteroatoms. The first-order chi connectivity index (χ1) is 9.36. The topological polar surface area (TPSA) is 101 Å². The summed E-state index contributed by atoms with van der Waals surface area (Å²) in [4.78, 5) is 34.1. The van der Waals surface area contributed by atoms with Crippen molar-refractivity contribution in [3.05, 3.63) is 0 Å². The Labute approximate surface area is 120 Å². The van der Waals surface area contributed by atoms with E-state index in [2.05, 4.69) is 10.6 Å². The van der Waals surface area contributed by atoms with Crippen LogP contribution in [0.1, 0.15) is 52.9 Å². The van der Waals surface area contributed by atoms with Gasteiger partial charge in [0.25, 0.3) is 0 Å². The molecule has 0 aromatic rings. The van der Waals surface area contributed by atoms with Gasteiger partial charge in [-0.15, -0.1) is 0 Å². The maximum Gasteiger partial charge on any atom is 0.315 e. The molecule has 0 saturated carbocycles. The summed E-state index contributed by atoms with van der Waals surface area (Å²) in [6.45, 7) is 5.44. The van der Waals surface area contributed by atoms with Crippen LogP contribution in [0.15, 0.2) is 0 Å². The third-order valence-electron chi connectivity index (χ3n) is 3.05. The first-order valence-corrected chi connectivity index (χ1v) is 7.13. The molecule has 2 atom stereocenters. The monoisotopic (exact) mass is 285 g/mol. The second-order valence-electron chi connectivity index (χ2n) is 5.21. The van der Waals surface area contributed by atoms with Crippen LogP contribution >= 0.6 is 0 Å². The minimum Gasteiger partial charge on any atom is -0.336 e. The van der Waals surface area contributed by atoms with E-state index in [0.29, 0.717) is 13.0 Å². The lowest BCUT2D eigenvalue weighted by atomic mass is 10.1. The molecule has 0 radical (unpaired) electrons. The van der Waals surface area contributed by atoms with Crippen LogP contribution in [0.3, 0.4) is 0 Å². The fourth-order valence-electron chi connectivity index (χ4n) is 1.82. The molecule has 0 heterocycles. The highest BCUT2D eigenvalue weighted by atomic mass is 16.2. The molecule has 2 amide bonds. The molecule has 6 nitrogen and oxygen atoms in total. The molecule has 116 valence electrons. The van der Waals surface area contributed by atoms with Gasteiger partial charge in [-0.1, -0.05) is 6.42 Å². The van der Waals surface area contributed by atoms with E-state index in [1.807, 2.05) is 6.92 Å². The molecule has 0 bridgehead atoms. The van der Waals surface area contributed by atoms with Crippen molar-refractivity contribution in [3.63, 3.8) is 0 Å². The summed E-state index contributed by atoms with van der Waals surface area (Å²) in [6.07, 6.45) is 3.37. The Hall–Kier alpha value is -1.43. The molecule has 2 unspecified atom stereocenters. The molecule has 0 rings (SSSR count). The molecule has 0 aliphatic heterocycles. The summed E-state index contributed by atoms with van der Waals surface area (Å²) in [5, 5.41) is 5.40. The normalized spacial score (nSPS) is 13.4. The van der Waals surface area contributed by atoms with Gasteiger partial charge in [0, 0.05) is 12.5 Å². The molecule has 0 spiro atoms. The lowest BCUT2D eigenvalue weighted by Crippen LogP contribution is -2.48. The molecule has 0 aromatic heterocycles. The van der Waals surface area contributed by atoms with Crippen LogP contribution in [0.4, 0.5) is 4.79 Å². The van der Waals surface area contributed by atoms with Gasteiger partial charge in [0.05, 0.1) is 6.04 Å². The number of nitrogens with one attached hydrogen (secondary N) is 2. The van der Waals surface area contributed by atoms with E-state index < -0.39 is 6.04 Å². The van der Waals surface area contributed by atoms with E-state index in [9.17, 15) is 14.4 Å². The number of urea groups is 1. The maximum absolute atomic E-state index is 11.8. The van der Waals surface area contributed by atoms with Gasteiger partial charge in [0.1, 0.15) is 5.78 Å². The van der Waals surface area contributed by atoms with Gasteiger partial charge in [-0.2, -0.15) is 0 Å². The van der Waals surface area contributed by atoms with Crippen molar-refractivity contribution in [1.82, 2.24) is 10.6 Å². The van der Waals surface area contributed by atoms with Crippen LogP contribution in [-0.2, 0) is 9.59 Å². The number of hydrogen-bond donors (Lipinski definition) is 3. The minimum atomic E-state index is -0.602.